The monoisotopic (exact) mass is 512 g/mol. The van der Waals surface area contributed by atoms with E-state index in [4.69, 9.17) is 9.73 Å². The maximum absolute atomic E-state index is 5.55. The molecule has 2 rings (SSSR count). The van der Waals surface area contributed by atoms with E-state index in [1.807, 2.05) is 29.3 Å². The number of aromatic nitrogens is 1. The second-order valence-electron chi connectivity index (χ2n) is 6.17. The van der Waals surface area contributed by atoms with Crippen molar-refractivity contribution in [2.75, 3.05) is 38.6 Å². The summed E-state index contributed by atoms with van der Waals surface area (Å²) in [4.78, 5) is 10.7. The highest BCUT2D eigenvalue weighted by Crippen LogP contribution is 2.35. The number of hydrogen-bond acceptors (Lipinski definition) is 5. The van der Waals surface area contributed by atoms with E-state index in [1.54, 1.807) is 0 Å². The number of guanidine groups is 1. The van der Waals surface area contributed by atoms with Gasteiger partial charge in [-0.1, -0.05) is 13.8 Å². The summed E-state index contributed by atoms with van der Waals surface area (Å²) in [5.74, 6) is 2.04. The summed E-state index contributed by atoms with van der Waals surface area (Å²) in [6, 6.07) is 0. The fourth-order valence-corrected chi connectivity index (χ4v) is 4.96. The van der Waals surface area contributed by atoms with Gasteiger partial charge in [0.1, 0.15) is 0 Å². The molecule has 0 bridgehead atoms. The Morgan fingerprint density at radius 2 is 2.08 bits per heavy atom. The van der Waals surface area contributed by atoms with Crippen LogP contribution in [0.1, 0.15) is 43.5 Å². The Balaban J connectivity index is 0.00000338. The topological polar surface area (TPSA) is 58.5 Å². The Bertz CT molecular complexity index is 528. The van der Waals surface area contributed by atoms with E-state index in [2.05, 4.69) is 36.4 Å². The van der Waals surface area contributed by atoms with Crippen molar-refractivity contribution < 1.29 is 4.74 Å². The summed E-state index contributed by atoms with van der Waals surface area (Å²) in [6.07, 6.45) is 6.19. The van der Waals surface area contributed by atoms with Gasteiger partial charge >= 0.3 is 0 Å². The summed E-state index contributed by atoms with van der Waals surface area (Å²) in [6.45, 7) is 10.8. The Morgan fingerprint density at radius 1 is 1.31 bits per heavy atom. The number of nitrogens with zero attached hydrogens (tertiary/aromatic N) is 2. The molecule has 1 fully saturated rings. The summed E-state index contributed by atoms with van der Waals surface area (Å²) in [7, 11) is 0. The lowest BCUT2D eigenvalue weighted by Crippen LogP contribution is -2.41. The third-order valence-corrected chi connectivity index (χ3v) is 6.95. The van der Waals surface area contributed by atoms with Crippen LogP contribution in [0, 0.1) is 0 Å². The number of halogens is 1. The first kappa shape index (κ1) is 24.0. The van der Waals surface area contributed by atoms with E-state index in [0.717, 1.165) is 70.2 Å². The standard InChI is InChI=1S/C18H32N4OS2.HI/c1-4-15-13-21-16(25-15)7-10-20-17(19-5-2)22-14-18(24-6-3)8-11-23-12-9-18;/h13H,4-12,14H2,1-3H3,(H2,19,20,22);1H. The number of rotatable bonds is 9. The second kappa shape index (κ2) is 13.2. The van der Waals surface area contributed by atoms with Crippen molar-refractivity contribution in [2.45, 2.75) is 51.2 Å². The van der Waals surface area contributed by atoms with Gasteiger partial charge in [0.2, 0.25) is 0 Å². The predicted octanol–water partition coefficient (Wildman–Crippen LogP) is 3.72. The van der Waals surface area contributed by atoms with Crippen molar-refractivity contribution in [3.8, 4) is 0 Å². The normalized spacial score (nSPS) is 16.8. The molecular weight excluding hydrogens is 479 g/mol. The molecule has 1 aromatic rings. The van der Waals surface area contributed by atoms with Gasteiger partial charge in [-0.2, -0.15) is 11.8 Å². The molecule has 0 saturated carbocycles. The Labute approximate surface area is 183 Å². The van der Waals surface area contributed by atoms with Crippen molar-refractivity contribution in [2.24, 2.45) is 4.99 Å². The van der Waals surface area contributed by atoms with Crippen LogP contribution in [0.5, 0.6) is 0 Å². The highest BCUT2D eigenvalue weighted by Gasteiger charge is 2.32. The van der Waals surface area contributed by atoms with Crippen LogP contribution in [0.25, 0.3) is 0 Å². The number of aliphatic imine (C=N–C) groups is 1. The average molecular weight is 513 g/mol. The van der Waals surface area contributed by atoms with Gasteiger partial charge in [-0.15, -0.1) is 35.3 Å². The Kier molecular flexibility index (Phi) is 12.1. The van der Waals surface area contributed by atoms with Crippen molar-refractivity contribution in [3.05, 3.63) is 16.1 Å². The lowest BCUT2D eigenvalue weighted by Gasteiger charge is -2.35. The van der Waals surface area contributed by atoms with E-state index in [0.29, 0.717) is 0 Å². The summed E-state index contributed by atoms with van der Waals surface area (Å²) in [5, 5.41) is 8.02. The summed E-state index contributed by atoms with van der Waals surface area (Å²) < 4.78 is 5.79. The molecule has 26 heavy (non-hydrogen) atoms. The predicted molar refractivity (Wildman–Crippen MR) is 126 cm³/mol. The SMILES string of the molecule is CCNC(=NCC1(SCC)CCOCC1)NCCc1ncc(CC)s1.I. The number of aryl methyl sites for hydroxylation is 1. The van der Waals surface area contributed by atoms with Crippen LogP contribution in [-0.2, 0) is 17.6 Å². The van der Waals surface area contributed by atoms with Crippen LogP contribution in [-0.4, -0.2) is 54.3 Å². The van der Waals surface area contributed by atoms with Crippen LogP contribution < -0.4 is 10.6 Å². The summed E-state index contributed by atoms with van der Waals surface area (Å²) in [5.41, 5.74) is 0. The van der Waals surface area contributed by atoms with Crippen LogP contribution >= 0.6 is 47.1 Å². The van der Waals surface area contributed by atoms with Gasteiger partial charge in [-0.05, 0) is 31.9 Å². The third-order valence-electron chi connectivity index (χ3n) is 4.31. The van der Waals surface area contributed by atoms with Crippen LogP contribution in [0.4, 0.5) is 0 Å². The molecular formula is C18H33IN4OS2. The molecule has 150 valence electrons. The van der Waals surface area contributed by atoms with Crippen molar-refractivity contribution in [1.82, 2.24) is 15.6 Å². The first-order valence-corrected chi connectivity index (χ1v) is 11.2. The van der Waals surface area contributed by atoms with E-state index >= 15 is 0 Å². The molecule has 0 aromatic carbocycles. The lowest BCUT2D eigenvalue weighted by molar-refractivity contribution is 0.0793. The molecule has 0 spiro atoms. The number of thiazole rings is 1. The minimum Gasteiger partial charge on any atom is -0.381 e. The average Bonchev–Trinajstić information content (AvgIpc) is 3.09. The Hall–Kier alpha value is -0.0600. The quantitative estimate of drug-likeness (QED) is 0.300. The number of ether oxygens (including phenoxy) is 1. The summed E-state index contributed by atoms with van der Waals surface area (Å²) >= 11 is 3.85. The molecule has 2 heterocycles. The van der Waals surface area contributed by atoms with Gasteiger partial charge in [0, 0.05) is 48.5 Å². The van der Waals surface area contributed by atoms with E-state index in [-0.39, 0.29) is 28.7 Å². The zero-order valence-electron chi connectivity index (χ0n) is 16.2. The molecule has 1 aliphatic heterocycles. The third kappa shape index (κ3) is 7.90. The molecule has 0 atom stereocenters. The molecule has 1 aromatic heterocycles. The zero-order valence-corrected chi connectivity index (χ0v) is 20.1. The minimum absolute atomic E-state index is 0. The van der Waals surface area contributed by atoms with Crippen molar-refractivity contribution >= 4 is 53.0 Å². The van der Waals surface area contributed by atoms with Gasteiger partial charge in [-0.3, -0.25) is 4.99 Å². The second-order valence-corrected chi connectivity index (χ2v) is 9.11. The molecule has 8 heteroatoms. The maximum atomic E-state index is 5.55. The first-order valence-electron chi connectivity index (χ1n) is 9.38. The number of hydrogen-bond donors (Lipinski definition) is 2. The van der Waals surface area contributed by atoms with Gasteiger partial charge in [0.05, 0.1) is 11.6 Å². The van der Waals surface area contributed by atoms with E-state index < -0.39 is 0 Å². The van der Waals surface area contributed by atoms with Gasteiger partial charge in [0.15, 0.2) is 5.96 Å². The smallest absolute Gasteiger partial charge is 0.191 e. The van der Waals surface area contributed by atoms with Gasteiger partial charge < -0.3 is 15.4 Å². The molecule has 0 unspecified atom stereocenters. The fraction of sp³-hybridized carbons (Fsp3) is 0.778. The maximum Gasteiger partial charge on any atom is 0.191 e. The number of thioether (sulfide) groups is 1. The fourth-order valence-electron chi connectivity index (χ4n) is 2.88. The lowest BCUT2D eigenvalue weighted by atomic mass is 9.99. The van der Waals surface area contributed by atoms with Crippen molar-refractivity contribution in [1.29, 1.82) is 0 Å². The molecule has 1 saturated heterocycles. The molecule has 0 radical (unpaired) electrons. The molecule has 0 aliphatic carbocycles. The first-order chi connectivity index (χ1) is 12.2. The van der Waals surface area contributed by atoms with Crippen LogP contribution in [0.15, 0.2) is 11.2 Å². The van der Waals surface area contributed by atoms with Crippen LogP contribution in [0.3, 0.4) is 0 Å². The van der Waals surface area contributed by atoms with Crippen LogP contribution in [0.2, 0.25) is 0 Å². The molecule has 1 aliphatic rings. The van der Waals surface area contributed by atoms with Crippen molar-refractivity contribution in [3.63, 3.8) is 0 Å². The van der Waals surface area contributed by atoms with E-state index in [1.165, 1.54) is 9.88 Å². The molecule has 2 N–H and O–H groups in total. The number of nitrogens with one attached hydrogen (secondary N) is 2. The highest BCUT2D eigenvalue weighted by molar-refractivity contribution is 14.0. The van der Waals surface area contributed by atoms with E-state index in [9.17, 15) is 0 Å². The van der Waals surface area contributed by atoms with Gasteiger partial charge in [0.25, 0.3) is 0 Å². The Morgan fingerprint density at radius 3 is 2.69 bits per heavy atom. The van der Waals surface area contributed by atoms with Gasteiger partial charge in [-0.25, -0.2) is 4.98 Å². The molecule has 5 nitrogen and oxygen atoms in total. The largest absolute Gasteiger partial charge is 0.381 e. The zero-order chi connectivity index (χ0) is 18.0. The minimum atomic E-state index is 0. The highest BCUT2D eigenvalue weighted by atomic mass is 127. The molecule has 0 amide bonds.